The number of hydrogen-bond acceptors (Lipinski definition) is 9. The zero-order valence-electron chi connectivity index (χ0n) is 45.0. The molecule has 0 spiro atoms. The van der Waals surface area contributed by atoms with E-state index in [2.05, 4.69) is 73.4 Å². The summed E-state index contributed by atoms with van der Waals surface area (Å²) in [5.41, 5.74) is 19.7. The number of aliphatic hydroxyl groups is 3. The maximum absolute atomic E-state index is 14.5. The number of nitrogens with two attached hydrogens (primary N) is 2. The van der Waals surface area contributed by atoms with Gasteiger partial charge in [-0.3, -0.25) is 4.55 Å². The van der Waals surface area contributed by atoms with Crippen LogP contribution in [-0.4, -0.2) is 62.9 Å². The predicted octanol–water partition coefficient (Wildman–Crippen LogP) is 10.2. The second-order valence-corrected chi connectivity index (χ2v) is 26.2. The van der Waals surface area contributed by atoms with Crippen LogP contribution in [0, 0.1) is 53.3 Å². The zero-order chi connectivity index (χ0) is 54.8. The van der Waals surface area contributed by atoms with Gasteiger partial charge in [-0.2, -0.15) is 8.42 Å². The first-order valence-electron chi connectivity index (χ1n) is 28.8. The van der Waals surface area contributed by atoms with E-state index in [9.17, 15) is 33.4 Å². The minimum Gasteiger partial charge on any atom is -0.508 e. The van der Waals surface area contributed by atoms with Crippen LogP contribution < -0.4 is 16.2 Å². The molecule has 13 heteroatoms. The van der Waals surface area contributed by atoms with Crippen LogP contribution in [0.25, 0.3) is 0 Å². The number of guanidine groups is 1. The van der Waals surface area contributed by atoms with E-state index >= 15 is 0 Å². The molecular formula is C66H75N3O9S. The molecule has 4 aliphatic carbocycles. The lowest BCUT2D eigenvalue weighted by molar-refractivity contribution is -0.177. The third kappa shape index (κ3) is 10.2. The number of phenolic OH excluding ortho intramolecular Hbond substituents is 1. The van der Waals surface area contributed by atoms with Gasteiger partial charge >= 0.3 is 0 Å². The van der Waals surface area contributed by atoms with Crippen LogP contribution in [0.1, 0.15) is 151 Å². The first-order chi connectivity index (χ1) is 38.1. The molecule has 14 rings (SSSR count). The zero-order valence-corrected chi connectivity index (χ0v) is 45.9. The SMILES string of the molecule is C[C@H]1CCc2cc3ccc2[C@H]1C[C@@H](S(=O)(=O)O)[C@H]1C=C2C[C@H](C[C@H]4C[C@@H](CO)CC#Cc5cc(O)ccc5[C@@H]2O4)[C@@H]1c1ccc(cc1)[C@](N=C(N)N)([C@H]1CC[C@H]2CC[C@H](c4ccc(CO)cc4)C[C@@]2(O)[C@@H]1Cc1ccccc1)O3. The molecule has 3 fully saturated rings. The molecular weight excluding hydrogens is 1010 g/mol. The van der Waals surface area contributed by atoms with E-state index in [1.807, 2.05) is 54.6 Å². The van der Waals surface area contributed by atoms with Crippen LogP contribution in [0.4, 0.5) is 0 Å². The molecule has 2 saturated carbocycles. The second kappa shape index (κ2) is 21.5. The molecule has 0 aromatic heterocycles. The average Bonchev–Trinajstić information content (AvgIpc) is 3.54. The van der Waals surface area contributed by atoms with Crippen molar-refractivity contribution in [1.29, 1.82) is 0 Å². The Labute approximate surface area is 465 Å². The molecule has 414 valence electrons. The van der Waals surface area contributed by atoms with E-state index < -0.39 is 56.5 Å². The number of fused-ring (bicyclic) bond motifs is 10. The topological polar surface area (TPSA) is 218 Å². The van der Waals surface area contributed by atoms with E-state index in [4.69, 9.17) is 25.9 Å². The minimum atomic E-state index is -4.70. The van der Waals surface area contributed by atoms with Crippen LogP contribution in [0.5, 0.6) is 11.5 Å². The summed E-state index contributed by atoms with van der Waals surface area (Å²) in [5, 5.41) is 44.0. The average molecular weight is 1090 g/mol. The maximum atomic E-state index is 14.5. The van der Waals surface area contributed by atoms with Gasteiger partial charge in [-0.05, 0) is 182 Å². The first kappa shape index (κ1) is 53.7. The monoisotopic (exact) mass is 1090 g/mol. The lowest BCUT2D eigenvalue weighted by Gasteiger charge is -2.57. The number of ether oxygens (including phenoxy) is 2. The van der Waals surface area contributed by atoms with Gasteiger partial charge in [0, 0.05) is 47.5 Å². The van der Waals surface area contributed by atoms with Gasteiger partial charge in [-0.25, -0.2) is 4.99 Å². The molecule has 0 radical (unpaired) electrons. The van der Waals surface area contributed by atoms with Gasteiger partial charge in [0.25, 0.3) is 10.1 Å². The largest absolute Gasteiger partial charge is 0.508 e. The van der Waals surface area contributed by atoms with Crippen molar-refractivity contribution >= 4 is 16.1 Å². The first-order valence-corrected chi connectivity index (χ1v) is 30.3. The molecule has 9 N–H and O–H groups in total. The molecule has 5 aromatic rings. The number of aryl methyl sites for hydroxylation is 1. The fraction of sp³-hybridized carbons (Fsp3) is 0.470. The van der Waals surface area contributed by atoms with Crippen molar-refractivity contribution < 1.29 is 42.9 Å². The Morgan fingerprint density at radius 1 is 0.835 bits per heavy atom. The molecule has 79 heavy (non-hydrogen) atoms. The van der Waals surface area contributed by atoms with Gasteiger partial charge in [0.1, 0.15) is 17.6 Å². The molecule has 5 aliphatic heterocycles. The number of allylic oxidation sites excluding steroid dienone is 1. The fourth-order valence-corrected chi connectivity index (χ4v) is 17.3. The number of phenols is 1. The smallest absolute Gasteiger partial charge is 0.268 e. The van der Waals surface area contributed by atoms with Crippen molar-refractivity contribution in [3.8, 4) is 23.3 Å². The van der Waals surface area contributed by atoms with E-state index in [0.717, 1.165) is 76.6 Å². The van der Waals surface area contributed by atoms with Gasteiger partial charge in [-0.1, -0.05) is 116 Å². The van der Waals surface area contributed by atoms with Gasteiger partial charge in [0.05, 0.1) is 23.6 Å². The summed E-state index contributed by atoms with van der Waals surface area (Å²) in [6, 6.07) is 38.0. The number of aliphatic hydroxyl groups excluding tert-OH is 2. The van der Waals surface area contributed by atoms with Gasteiger partial charge in [-0.15, -0.1) is 0 Å². The molecule has 15 atom stereocenters. The highest BCUT2D eigenvalue weighted by Crippen LogP contribution is 2.60. The minimum absolute atomic E-state index is 0.0112. The summed E-state index contributed by atoms with van der Waals surface area (Å²) in [6.45, 7) is 2.06. The fourth-order valence-electron chi connectivity index (χ4n) is 16.2. The van der Waals surface area contributed by atoms with Gasteiger partial charge in [0.15, 0.2) is 5.96 Å². The van der Waals surface area contributed by atoms with Gasteiger partial charge in [0.2, 0.25) is 5.72 Å². The Balaban J connectivity index is 1.05. The second-order valence-electron chi connectivity index (χ2n) is 24.5. The maximum Gasteiger partial charge on any atom is 0.268 e. The van der Waals surface area contributed by atoms with Crippen LogP contribution in [0.3, 0.4) is 0 Å². The summed E-state index contributed by atoms with van der Waals surface area (Å²) >= 11 is 0. The van der Waals surface area contributed by atoms with E-state index in [-0.39, 0.29) is 73.0 Å². The third-order valence-electron chi connectivity index (χ3n) is 20.0. The lowest BCUT2D eigenvalue weighted by atomic mass is 9.53. The third-order valence-corrected chi connectivity index (χ3v) is 21.3. The number of aliphatic imine (C=N–C) groups is 1. The van der Waals surface area contributed by atoms with Crippen molar-refractivity contribution in [3.05, 3.63) is 177 Å². The van der Waals surface area contributed by atoms with Crippen molar-refractivity contribution in [2.45, 2.75) is 144 Å². The Hall–Kier alpha value is -5.98. The van der Waals surface area contributed by atoms with E-state index in [1.165, 1.54) is 0 Å². The summed E-state index contributed by atoms with van der Waals surface area (Å²) < 4.78 is 55.6. The molecule has 0 amide bonds. The molecule has 0 unspecified atom stereocenters. The highest BCUT2D eigenvalue weighted by atomic mass is 32.2. The van der Waals surface area contributed by atoms with E-state index in [1.54, 1.807) is 12.1 Å². The summed E-state index contributed by atoms with van der Waals surface area (Å²) in [4.78, 5) is 5.31. The standard InChI is InChI=1S/C66H75N3O9S/c1-39-10-13-46-32-53-24-26-55(46)57(39)35-61(79(74,75)76)58-34-49-30-48(33-54-28-42(38-71)8-5-9-45-31-52(72)23-25-56(45)63(49)77-54)62(58)44-16-20-51(21-17-44)66(78-53,69-64(67)68)59-27-22-50-19-18-47(43-14-11-41(37-70)12-15-43)36-65(50,73)60(59)29-40-6-3-2-4-7-40/h2-4,6-7,11-12,14-17,20-21,23-26,31-32,34,39,42,47-48,50,54,57-63,70-73H,8,10,13,18-19,22,27-30,33,35-38H2,1H3,(H4,67,68,69)(H,74,75,76)/t39-,42-,47-,48+,50+,54+,57-,58+,59-,60+,61+,62-,63+,65-,66+/m0/s1. The molecule has 5 heterocycles. The number of rotatable bonds is 8. The summed E-state index contributed by atoms with van der Waals surface area (Å²) in [5.74, 6) is 4.72. The molecule has 10 bridgehead atoms. The van der Waals surface area contributed by atoms with Crippen LogP contribution in [0.2, 0.25) is 0 Å². The van der Waals surface area contributed by atoms with Crippen LogP contribution >= 0.6 is 0 Å². The molecule has 5 aromatic carbocycles. The van der Waals surface area contributed by atoms with Crippen molar-refractivity contribution in [2.75, 3.05) is 6.61 Å². The van der Waals surface area contributed by atoms with Crippen molar-refractivity contribution in [3.63, 3.8) is 0 Å². The van der Waals surface area contributed by atoms with Gasteiger partial charge < -0.3 is 41.4 Å². The Morgan fingerprint density at radius 3 is 2.34 bits per heavy atom. The number of nitrogens with zero attached hydrogens (tertiary/aromatic N) is 1. The number of hydrogen-bond donors (Lipinski definition) is 7. The van der Waals surface area contributed by atoms with Crippen LogP contribution in [-0.2, 0) is 40.0 Å². The quantitative estimate of drug-likeness (QED) is 0.0255. The normalized spacial score (nSPS) is 33.8. The van der Waals surface area contributed by atoms with Crippen molar-refractivity contribution in [2.24, 2.45) is 57.9 Å². The van der Waals surface area contributed by atoms with Crippen molar-refractivity contribution in [1.82, 2.24) is 0 Å². The molecule has 12 nitrogen and oxygen atoms in total. The molecule has 9 aliphatic rings. The molecule has 1 saturated heterocycles. The Morgan fingerprint density at radius 2 is 1.59 bits per heavy atom. The highest BCUT2D eigenvalue weighted by Gasteiger charge is 2.60. The highest BCUT2D eigenvalue weighted by molar-refractivity contribution is 7.86. The Bertz CT molecular complexity index is 3300. The summed E-state index contributed by atoms with van der Waals surface area (Å²) in [6.07, 6.45) is 9.23. The summed E-state index contributed by atoms with van der Waals surface area (Å²) in [7, 11) is -4.70. The lowest BCUT2D eigenvalue weighted by Crippen LogP contribution is -2.60. The Kier molecular flexibility index (Phi) is 14.6. The van der Waals surface area contributed by atoms with E-state index in [0.29, 0.717) is 61.8 Å². The van der Waals surface area contributed by atoms with Crippen LogP contribution in [0.15, 0.2) is 132 Å². The number of aromatic hydroxyl groups is 1. The predicted molar refractivity (Wildman–Crippen MR) is 304 cm³/mol. The number of benzene rings is 5.